The van der Waals surface area contributed by atoms with Crippen LogP contribution < -0.4 is 5.32 Å². The van der Waals surface area contributed by atoms with E-state index in [9.17, 15) is 4.79 Å². The first-order chi connectivity index (χ1) is 8.29. The normalized spacial score (nSPS) is 9.94. The van der Waals surface area contributed by atoms with Gasteiger partial charge >= 0.3 is 5.97 Å². The van der Waals surface area contributed by atoms with Crippen molar-refractivity contribution < 1.29 is 9.53 Å². The van der Waals surface area contributed by atoms with E-state index in [1.165, 1.54) is 13.2 Å². The molecular formula is C8H9N7O2. The van der Waals surface area contributed by atoms with Gasteiger partial charge in [0.05, 0.1) is 13.7 Å². The smallest absolute Gasteiger partial charge is 0.358 e. The van der Waals surface area contributed by atoms with Crippen LogP contribution in [0.4, 0.5) is 5.82 Å². The van der Waals surface area contributed by atoms with Crippen molar-refractivity contribution in [3.05, 3.63) is 23.7 Å². The lowest BCUT2D eigenvalue weighted by Crippen LogP contribution is -2.08. The summed E-state index contributed by atoms with van der Waals surface area (Å²) in [5.41, 5.74) is 0.151. The third kappa shape index (κ3) is 2.71. The Kier molecular flexibility index (Phi) is 3.19. The minimum atomic E-state index is -0.526. The van der Waals surface area contributed by atoms with E-state index in [1.807, 2.05) is 0 Å². The van der Waals surface area contributed by atoms with Crippen LogP contribution in [0.5, 0.6) is 0 Å². The summed E-state index contributed by atoms with van der Waals surface area (Å²) in [5.74, 6) is 0.480. The largest absolute Gasteiger partial charge is 0.464 e. The number of nitrogens with zero attached hydrogens (tertiary/aromatic N) is 5. The summed E-state index contributed by atoms with van der Waals surface area (Å²) < 4.78 is 4.50. The van der Waals surface area contributed by atoms with Crippen molar-refractivity contribution in [2.45, 2.75) is 6.54 Å². The van der Waals surface area contributed by atoms with E-state index in [0.717, 1.165) is 0 Å². The minimum absolute atomic E-state index is 0.151. The fourth-order valence-electron chi connectivity index (χ4n) is 1.07. The Morgan fingerprint density at radius 3 is 2.88 bits per heavy atom. The molecule has 0 saturated carbocycles. The molecular weight excluding hydrogens is 226 g/mol. The summed E-state index contributed by atoms with van der Waals surface area (Å²) in [4.78, 5) is 11.1. The zero-order chi connectivity index (χ0) is 12.1. The monoisotopic (exact) mass is 235 g/mol. The van der Waals surface area contributed by atoms with E-state index in [1.54, 1.807) is 6.07 Å². The Hall–Kier alpha value is -2.58. The van der Waals surface area contributed by atoms with E-state index < -0.39 is 5.97 Å². The molecule has 88 valence electrons. The molecule has 0 aliphatic carbocycles. The maximum Gasteiger partial charge on any atom is 0.358 e. The van der Waals surface area contributed by atoms with Crippen LogP contribution >= 0.6 is 0 Å². The first-order valence-corrected chi connectivity index (χ1v) is 4.68. The molecule has 2 rings (SSSR count). The standard InChI is InChI=1S/C8H9N7O2/c1-17-8(16)5-2-3-6(11-10-5)9-4-7-12-14-15-13-7/h2-3H,4H2,1H3,(H,9,11)(H,12,13,14,15). The highest BCUT2D eigenvalue weighted by molar-refractivity contribution is 5.86. The van der Waals surface area contributed by atoms with Gasteiger partial charge in [-0.25, -0.2) is 4.79 Å². The highest BCUT2D eigenvalue weighted by Gasteiger charge is 2.07. The number of rotatable bonds is 4. The summed E-state index contributed by atoms with van der Waals surface area (Å²) in [5, 5.41) is 23.7. The lowest BCUT2D eigenvalue weighted by atomic mass is 10.4. The molecule has 2 aromatic rings. The van der Waals surface area contributed by atoms with E-state index in [4.69, 9.17) is 0 Å². The zero-order valence-electron chi connectivity index (χ0n) is 8.91. The Morgan fingerprint density at radius 1 is 1.41 bits per heavy atom. The van der Waals surface area contributed by atoms with Gasteiger partial charge in [0.25, 0.3) is 0 Å². The second-order valence-corrected chi connectivity index (χ2v) is 2.98. The van der Waals surface area contributed by atoms with Crippen LogP contribution in [0.3, 0.4) is 0 Å². The molecule has 9 nitrogen and oxygen atoms in total. The second kappa shape index (κ2) is 4.96. The molecule has 0 radical (unpaired) electrons. The molecule has 0 spiro atoms. The number of hydrogen-bond donors (Lipinski definition) is 2. The molecule has 0 bridgehead atoms. The van der Waals surface area contributed by atoms with Gasteiger partial charge in [-0.05, 0) is 12.1 Å². The Bertz CT molecular complexity index is 481. The number of carbonyl (C=O) groups excluding carboxylic acids is 1. The van der Waals surface area contributed by atoms with Gasteiger partial charge in [0.1, 0.15) is 5.82 Å². The van der Waals surface area contributed by atoms with Gasteiger partial charge in [-0.15, -0.1) is 20.4 Å². The summed E-state index contributed by atoms with van der Waals surface area (Å²) in [7, 11) is 1.28. The number of H-pyrrole nitrogens is 1. The second-order valence-electron chi connectivity index (χ2n) is 2.98. The van der Waals surface area contributed by atoms with Gasteiger partial charge in [0, 0.05) is 0 Å². The molecule has 0 aliphatic rings. The van der Waals surface area contributed by atoms with Crippen LogP contribution in [0, 0.1) is 0 Å². The molecule has 2 N–H and O–H groups in total. The molecule has 0 amide bonds. The number of methoxy groups -OCH3 is 1. The molecule has 2 aromatic heterocycles. The van der Waals surface area contributed by atoms with Crippen LogP contribution in [0.2, 0.25) is 0 Å². The van der Waals surface area contributed by atoms with Gasteiger partial charge in [-0.1, -0.05) is 5.21 Å². The number of aromatic nitrogens is 6. The molecule has 0 unspecified atom stereocenters. The van der Waals surface area contributed by atoms with Gasteiger partial charge < -0.3 is 10.1 Å². The van der Waals surface area contributed by atoms with E-state index in [2.05, 4.69) is 40.9 Å². The molecule has 0 fully saturated rings. The van der Waals surface area contributed by atoms with Crippen molar-refractivity contribution in [2.75, 3.05) is 12.4 Å². The number of anilines is 1. The van der Waals surface area contributed by atoms with Crippen molar-refractivity contribution in [1.82, 2.24) is 30.8 Å². The maximum absolute atomic E-state index is 11.1. The van der Waals surface area contributed by atoms with Crippen molar-refractivity contribution >= 4 is 11.8 Å². The third-order valence-corrected chi connectivity index (χ3v) is 1.88. The highest BCUT2D eigenvalue weighted by atomic mass is 16.5. The summed E-state index contributed by atoms with van der Waals surface area (Å²) >= 11 is 0. The number of ether oxygens (including phenoxy) is 1. The molecule has 0 atom stereocenters. The minimum Gasteiger partial charge on any atom is -0.464 e. The van der Waals surface area contributed by atoms with Crippen molar-refractivity contribution in [1.29, 1.82) is 0 Å². The van der Waals surface area contributed by atoms with Crippen LogP contribution in [-0.4, -0.2) is 43.9 Å². The third-order valence-electron chi connectivity index (χ3n) is 1.88. The van der Waals surface area contributed by atoms with Crippen molar-refractivity contribution in [2.24, 2.45) is 0 Å². The molecule has 2 heterocycles. The van der Waals surface area contributed by atoms with Crippen molar-refractivity contribution in [3.63, 3.8) is 0 Å². The first-order valence-electron chi connectivity index (χ1n) is 4.68. The SMILES string of the molecule is COC(=O)c1ccc(NCc2nn[nH]n2)nn1. The maximum atomic E-state index is 11.1. The van der Waals surface area contributed by atoms with Crippen LogP contribution in [-0.2, 0) is 11.3 Å². The Balaban J connectivity index is 1.96. The fraction of sp³-hybridized carbons (Fsp3) is 0.250. The molecule has 0 aliphatic heterocycles. The quantitative estimate of drug-likeness (QED) is 0.673. The van der Waals surface area contributed by atoms with Gasteiger partial charge in [-0.3, -0.25) is 0 Å². The summed E-state index contributed by atoms with van der Waals surface area (Å²) in [6.07, 6.45) is 0. The summed E-state index contributed by atoms with van der Waals surface area (Å²) in [6.45, 7) is 0.364. The first kappa shape index (κ1) is 10.9. The average molecular weight is 235 g/mol. The predicted octanol–water partition coefficient (Wildman–Crippen LogP) is -0.612. The van der Waals surface area contributed by atoms with Gasteiger partial charge in [-0.2, -0.15) is 5.21 Å². The molecule has 17 heavy (non-hydrogen) atoms. The molecule has 9 heteroatoms. The molecule has 0 aromatic carbocycles. The number of esters is 1. The number of aromatic amines is 1. The number of tetrazole rings is 1. The van der Waals surface area contributed by atoms with Crippen LogP contribution in [0.25, 0.3) is 0 Å². The fourth-order valence-corrected chi connectivity index (χ4v) is 1.07. The average Bonchev–Trinajstić information content (AvgIpc) is 2.89. The van der Waals surface area contributed by atoms with Gasteiger partial charge in [0.15, 0.2) is 11.5 Å². The van der Waals surface area contributed by atoms with Gasteiger partial charge in [0.2, 0.25) is 0 Å². The lowest BCUT2D eigenvalue weighted by Gasteiger charge is -2.02. The number of nitrogens with one attached hydrogen (secondary N) is 2. The lowest BCUT2D eigenvalue weighted by molar-refractivity contribution is 0.0593. The topological polar surface area (TPSA) is 119 Å². The summed E-state index contributed by atoms with van der Waals surface area (Å²) in [6, 6.07) is 3.12. The number of carbonyl (C=O) groups is 1. The van der Waals surface area contributed by atoms with Crippen molar-refractivity contribution in [3.8, 4) is 0 Å². The Morgan fingerprint density at radius 2 is 2.29 bits per heavy atom. The molecule has 0 saturated heterocycles. The highest BCUT2D eigenvalue weighted by Crippen LogP contribution is 2.03. The van der Waals surface area contributed by atoms with Crippen LogP contribution in [0.15, 0.2) is 12.1 Å². The predicted molar refractivity (Wildman–Crippen MR) is 54.9 cm³/mol. The van der Waals surface area contributed by atoms with E-state index in [0.29, 0.717) is 18.2 Å². The zero-order valence-corrected chi connectivity index (χ0v) is 8.91. The van der Waals surface area contributed by atoms with E-state index >= 15 is 0 Å². The van der Waals surface area contributed by atoms with Crippen LogP contribution in [0.1, 0.15) is 16.3 Å². The van der Waals surface area contributed by atoms with E-state index in [-0.39, 0.29) is 5.69 Å². The number of hydrogen-bond acceptors (Lipinski definition) is 8. The Labute approximate surface area is 95.6 Å².